The summed E-state index contributed by atoms with van der Waals surface area (Å²) in [4.78, 5) is 31.4. The van der Waals surface area contributed by atoms with Crippen molar-refractivity contribution >= 4 is 39.6 Å². The zero-order valence-electron chi connectivity index (χ0n) is 23.0. The van der Waals surface area contributed by atoms with Gasteiger partial charge >= 0.3 is 11.9 Å². The summed E-state index contributed by atoms with van der Waals surface area (Å²) >= 11 is 0. The van der Waals surface area contributed by atoms with Crippen molar-refractivity contribution in [1.82, 2.24) is 14.5 Å². The maximum atomic E-state index is 9.64. The van der Waals surface area contributed by atoms with Crippen molar-refractivity contribution in [3.05, 3.63) is 54.9 Å². The lowest BCUT2D eigenvalue weighted by molar-refractivity contribution is -0.143. The van der Waals surface area contributed by atoms with Crippen LogP contribution in [0.15, 0.2) is 54.9 Å². The summed E-state index contributed by atoms with van der Waals surface area (Å²) in [6, 6.07) is 17.0. The van der Waals surface area contributed by atoms with Crippen molar-refractivity contribution in [2.45, 2.75) is 38.6 Å². The first-order valence-electron chi connectivity index (χ1n) is 13.7. The molecule has 2 saturated heterocycles. The van der Waals surface area contributed by atoms with Crippen LogP contribution in [0, 0.1) is 5.41 Å². The number of benzene rings is 2. The van der Waals surface area contributed by atoms with E-state index in [1.165, 1.54) is 5.69 Å². The van der Waals surface area contributed by atoms with Crippen molar-refractivity contribution in [3.63, 3.8) is 0 Å². The largest absolute Gasteiger partial charge is 0.493 e. The maximum Gasteiger partial charge on any atom is 0.303 e. The molecule has 0 aliphatic carbocycles. The van der Waals surface area contributed by atoms with Crippen LogP contribution in [0.4, 0.5) is 5.69 Å². The highest BCUT2D eigenvalue weighted by atomic mass is 16.5. The van der Waals surface area contributed by atoms with Crippen molar-refractivity contribution in [2.75, 3.05) is 37.8 Å². The Bertz CT molecular complexity index is 1530. The van der Waals surface area contributed by atoms with E-state index in [4.69, 9.17) is 30.4 Å². The molecule has 216 valence electrons. The minimum atomic E-state index is -1.08. The number of rotatable bonds is 8. The van der Waals surface area contributed by atoms with Gasteiger partial charge in [-0.1, -0.05) is 19.1 Å². The number of imidazole rings is 1. The fourth-order valence-electron chi connectivity index (χ4n) is 4.92. The summed E-state index contributed by atoms with van der Waals surface area (Å²) in [5, 5.41) is 16.9. The second-order valence-electron chi connectivity index (χ2n) is 11.0. The summed E-state index contributed by atoms with van der Waals surface area (Å²) in [6.45, 7) is 6.27. The molecule has 0 amide bonds. The van der Waals surface area contributed by atoms with E-state index in [0.29, 0.717) is 12.6 Å². The Kier molecular flexibility index (Phi) is 8.36. The van der Waals surface area contributed by atoms with Gasteiger partial charge in [-0.05, 0) is 43.2 Å². The molecular formula is C30H35N5O6. The number of nitrogens with two attached hydrogens (primary N) is 1. The van der Waals surface area contributed by atoms with Crippen LogP contribution in [0.2, 0.25) is 0 Å². The van der Waals surface area contributed by atoms with Gasteiger partial charge in [0.05, 0.1) is 54.9 Å². The quantitative estimate of drug-likeness (QED) is 0.289. The first-order valence-corrected chi connectivity index (χ1v) is 13.7. The number of carboxylic acids is 2. The van der Waals surface area contributed by atoms with Crippen LogP contribution in [0.5, 0.6) is 5.75 Å². The summed E-state index contributed by atoms with van der Waals surface area (Å²) in [5.74, 6) is -0.461. The monoisotopic (exact) mass is 561 g/mol. The Labute approximate surface area is 237 Å². The first-order chi connectivity index (χ1) is 19.7. The Morgan fingerprint density at radius 2 is 1.80 bits per heavy atom. The average Bonchev–Trinajstić information content (AvgIpc) is 3.37. The molecule has 0 spiro atoms. The molecule has 4 N–H and O–H groups in total. The number of ether oxygens (including phenoxy) is 2. The van der Waals surface area contributed by atoms with E-state index in [1.54, 1.807) is 0 Å². The van der Waals surface area contributed by atoms with Crippen LogP contribution in [0.3, 0.4) is 0 Å². The number of pyridine rings is 1. The molecule has 4 aromatic rings. The lowest BCUT2D eigenvalue weighted by Gasteiger charge is -2.37. The fraction of sp³-hybridized carbons (Fsp3) is 0.400. The number of anilines is 1. The molecule has 2 aromatic heterocycles. The second-order valence-corrected chi connectivity index (χ2v) is 11.0. The summed E-state index contributed by atoms with van der Waals surface area (Å²) in [6.07, 6.45) is 3.27. The molecule has 0 bridgehead atoms. The number of fused-ring (bicyclic) bond motifs is 2. The van der Waals surface area contributed by atoms with Crippen LogP contribution in [-0.2, 0) is 14.3 Å². The minimum Gasteiger partial charge on any atom is -0.493 e. The molecule has 4 heterocycles. The first kappa shape index (κ1) is 28.3. The number of hydrogen-bond acceptors (Lipinski definition) is 8. The van der Waals surface area contributed by atoms with E-state index < -0.39 is 11.9 Å². The Morgan fingerprint density at radius 3 is 2.46 bits per heavy atom. The maximum absolute atomic E-state index is 9.64. The van der Waals surface area contributed by atoms with Gasteiger partial charge in [0.1, 0.15) is 17.9 Å². The van der Waals surface area contributed by atoms with E-state index in [1.807, 2.05) is 23.0 Å². The van der Waals surface area contributed by atoms with Crippen LogP contribution in [0.1, 0.15) is 32.6 Å². The molecule has 2 aromatic carbocycles. The van der Waals surface area contributed by atoms with E-state index in [-0.39, 0.29) is 18.3 Å². The number of aromatic nitrogens is 3. The third kappa shape index (κ3) is 6.75. The molecule has 2 fully saturated rings. The topological polar surface area (TPSA) is 153 Å². The van der Waals surface area contributed by atoms with Gasteiger partial charge in [-0.2, -0.15) is 0 Å². The third-order valence-corrected chi connectivity index (χ3v) is 7.37. The predicted octanol–water partition coefficient (Wildman–Crippen LogP) is 3.85. The lowest BCUT2D eigenvalue weighted by atomic mass is 9.90. The number of carbonyl (C=O) groups is 2. The van der Waals surface area contributed by atoms with Gasteiger partial charge in [-0.25, -0.2) is 9.97 Å². The SMILES string of the molecule is CC1(COc2ccc3c(c2)ncn3-c2ccc3cccc(N4CCC(N)CC4)c3n2)COC1.O=C(O)CCC(=O)O. The Balaban J connectivity index is 0.000000372. The third-order valence-electron chi connectivity index (χ3n) is 7.37. The molecule has 6 rings (SSSR count). The van der Waals surface area contributed by atoms with Crippen molar-refractivity contribution < 1.29 is 29.3 Å². The molecular weight excluding hydrogens is 526 g/mol. The smallest absolute Gasteiger partial charge is 0.303 e. The molecule has 41 heavy (non-hydrogen) atoms. The fourth-order valence-corrected chi connectivity index (χ4v) is 4.92. The molecule has 0 atom stereocenters. The van der Waals surface area contributed by atoms with E-state index in [2.05, 4.69) is 53.2 Å². The van der Waals surface area contributed by atoms with Crippen molar-refractivity contribution in [3.8, 4) is 11.6 Å². The highest BCUT2D eigenvalue weighted by molar-refractivity contribution is 5.92. The van der Waals surface area contributed by atoms with Gasteiger partial charge in [-0.3, -0.25) is 14.2 Å². The van der Waals surface area contributed by atoms with Gasteiger partial charge in [0.25, 0.3) is 0 Å². The number of aliphatic carboxylic acids is 2. The van der Waals surface area contributed by atoms with E-state index in [0.717, 1.165) is 72.6 Å². The zero-order chi connectivity index (χ0) is 29.0. The number of para-hydroxylation sites is 1. The lowest BCUT2D eigenvalue weighted by Crippen LogP contribution is -2.44. The number of piperidine rings is 1. The van der Waals surface area contributed by atoms with E-state index >= 15 is 0 Å². The van der Waals surface area contributed by atoms with Crippen LogP contribution in [0.25, 0.3) is 27.8 Å². The van der Waals surface area contributed by atoms with E-state index in [9.17, 15) is 9.59 Å². The summed E-state index contributed by atoms with van der Waals surface area (Å²) in [7, 11) is 0. The average molecular weight is 562 g/mol. The molecule has 0 radical (unpaired) electrons. The zero-order valence-corrected chi connectivity index (χ0v) is 23.0. The minimum absolute atomic E-state index is 0.112. The number of hydrogen-bond donors (Lipinski definition) is 3. The molecule has 2 aliphatic heterocycles. The normalized spacial score (nSPS) is 16.6. The van der Waals surface area contributed by atoms with Gasteiger partial charge < -0.3 is 30.3 Å². The standard InChI is InChI=1S/C26H29N5O2.C4H6O4/c1-26(14-32-15-26)16-33-20-6-7-22-21(13-20)28-17-31(22)24-8-5-18-3-2-4-23(25(18)29-24)30-11-9-19(27)10-12-30;5-3(6)1-2-4(7)8/h2-8,13,17,19H,9-12,14-16,27H2,1H3;1-2H2,(H,5,6)(H,7,8). The molecule has 11 heteroatoms. The molecule has 2 aliphatic rings. The van der Waals surface area contributed by atoms with Gasteiger partial charge in [0.2, 0.25) is 0 Å². The molecule has 11 nitrogen and oxygen atoms in total. The highest BCUT2D eigenvalue weighted by Gasteiger charge is 2.34. The van der Waals surface area contributed by atoms with Crippen molar-refractivity contribution in [2.24, 2.45) is 11.1 Å². The molecule has 0 saturated carbocycles. The highest BCUT2D eigenvalue weighted by Crippen LogP contribution is 2.31. The van der Waals surface area contributed by atoms with Crippen molar-refractivity contribution in [1.29, 1.82) is 0 Å². The van der Waals surface area contributed by atoms with Crippen LogP contribution < -0.4 is 15.4 Å². The number of nitrogens with zero attached hydrogens (tertiary/aromatic N) is 4. The molecule has 0 unspecified atom stereocenters. The Morgan fingerprint density at radius 1 is 1.07 bits per heavy atom. The van der Waals surface area contributed by atoms with Crippen LogP contribution >= 0.6 is 0 Å². The van der Waals surface area contributed by atoms with Crippen LogP contribution in [-0.4, -0.2) is 75.6 Å². The second kappa shape index (κ2) is 12.1. The number of carboxylic acid groups (broad SMARTS) is 2. The van der Waals surface area contributed by atoms with Gasteiger partial charge in [0, 0.05) is 36.0 Å². The predicted molar refractivity (Wildman–Crippen MR) is 155 cm³/mol. The Hall–Kier alpha value is -4.22. The van der Waals surface area contributed by atoms with Gasteiger partial charge in [-0.15, -0.1) is 0 Å². The summed E-state index contributed by atoms with van der Waals surface area (Å²) in [5.41, 5.74) is 10.3. The summed E-state index contributed by atoms with van der Waals surface area (Å²) < 4.78 is 13.4. The van der Waals surface area contributed by atoms with Gasteiger partial charge in [0.15, 0.2) is 0 Å².